The molecule has 1 aromatic rings. The molecule has 1 atom stereocenters. The Morgan fingerprint density at radius 2 is 2.05 bits per heavy atom. The Kier molecular flexibility index (Phi) is 5.47. The highest BCUT2D eigenvalue weighted by Crippen LogP contribution is 2.27. The molecule has 0 aromatic carbocycles. The maximum atomic E-state index is 12.4. The maximum Gasteiger partial charge on any atom is 0.263 e. The van der Waals surface area contributed by atoms with Gasteiger partial charge in [-0.05, 0) is 57.2 Å². The highest BCUT2D eigenvalue weighted by atomic mass is 35.5. The van der Waals surface area contributed by atoms with Crippen LogP contribution in [0.3, 0.4) is 0 Å². The summed E-state index contributed by atoms with van der Waals surface area (Å²) < 4.78 is 0. The number of nitrogens with zero attached hydrogens (tertiary/aromatic N) is 1. The Morgan fingerprint density at radius 1 is 1.30 bits per heavy atom. The number of hydrogen-bond donors (Lipinski definition) is 1. The molecule has 1 unspecified atom stereocenters. The number of rotatable bonds is 2. The number of carbonyl (C=O) groups is 1. The Labute approximate surface area is 131 Å². The fourth-order valence-electron chi connectivity index (χ4n) is 3.32. The third-order valence-electron chi connectivity index (χ3n) is 4.45. The lowest BCUT2D eigenvalue weighted by Gasteiger charge is -2.34. The van der Waals surface area contributed by atoms with Gasteiger partial charge in [0.1, 0.15) is 0 Å². The van der Waals surface area contributed by atoms with Crippen LogP contribution in [0.4, 0.5) is 0 Å². The molecule has 0 spiro atoms. The molecule has 1 aromatic heterocycles. The van der Waals surface area contributed by atoms with E-state index in [2.05, 4.69) is 12.2 Å². The second-order valence-electron chi connectivity index (χ2n) is 5.74. The average molecular weight is 315 g/mol. The number of hydrogen-bond acceptors (Lipinski definition) is 3. The van der Waals surface area contributed by atoms with Crippen molar-refractivity contribution in [1.29, 1.82) is 0 Å². The Balaban J connectivity index is 0.00000147. The number of thiophene rings is 1. The maximum absolute atomic E-state index is 12.4. The summed E-state index contributed by atoms with van der Waals surface area (Å²) >= 11 is 1.61. The van der Waals surface area contributed by atoms with Gasteiger partial charge < -0.3 is 10.2 Å². The number of likely N-dealkylation sites (tertiary alicyclic amines) is 1. The molecule has 0 radical (unpaired) electrons. The molecule has 2 aliphatic rings. The predicted octanol–water partition coefficient (Wildman–Crippen LogP) is 3.08. The molecular formula is C15H23ClN2OS. The topological polar surface area (TPSA) is 32.3 Å². The van der Waals surface area contributed by atoms with Crippen molar-refractivity contribution in [3.63, 3.8) is 0 Å². The standard InChI is InChI=1S/C15H22N2OS.ClH/c1-11-4-5-14(19-11)15(18)17-9-6-12(7-10-17)13-3-2-8-16-13;/h4-5,12-13,16H,2-3,6-10H2,1H3;1H. The van der Waals surface area contributed by atoms with Crippen molar-refractivity contribution in [3.8, 4) is 0 Å². The third-order valence-corrected chi connectivity index (χ3v) is 5.43. The number of piperidine rings is 1. The van der Waals surface area contributed by atoms with Crippen molar-refractivity contribution in [2.45, 2.75) is 38.6 Å². The first kappa shape index (κ1) is 15.8. The first-order valence-corrected chi connectivity index (χ1v) is 8.15. The van der Waals surface area contributed by atoms with Gasteiger partial charge in [0.15, 0.2) is 0 Å². The van der Waals surface area contributed by atoms with E-state index in [1.165, 1.54) is 24.3 Å². The lowest BCUT2D eigenvalue weighted by molar-refractivity contribution is 0.0679. The summed E-state index contributed by atoms with van der Waals surface area (Å²) in [5.74, 6) is 1.01. The molecule has 3 heterocycles. The Hall–Kier alpha value is -0.580. The number of carbonyl (C=O) groups excluding carboxylic acids is 1. The number of nitrogens with one attached hydrogen (secondary N) is 1. The predicted molar refractivity (Wildman–Crippen MR) is 86.0 cm³/mol. The minimum atomic E-state index is 0. The monoisotopic (exact) mass is 314 g/mol. The quantitative estimate of drug-likeness (QED) is 0.910. The van der Waals surface area contributed by atoms with Crippen LogP contribution in [0.2, 0.25) is 0 Å². The van der Waals surface area contributed by atoms with Gasteiger partial charge >= 0.3 is 0 Å². The van der Waals surface area contributed by atoms with Gasteiger partial charge in [-0.2, -0.15) is 0 Å². The molecule has 0 bridgehead atoms. The summed E-state index contributed by atoms with van der Waals surface area (Å²) in [6, 6.07) is 4.71. The number of halogens is 1. The van der Waals surface area contributed by atoms with Crippen LogP contribution in [0.1, 0.15) is 40.2 Å². The smallest absolute Gasteiger partial charge is 0.263 e. The zero-order chi connectivity index (χ0) is 13.2. The molecule has 3 nitrogen and oxygen atoms in total. The summed E-state index contributed by atoms with van der Waals surface area (Å²) in [6.07, 6.45) is 4.96. The van der Waals surface area contributed by atoms with Gasteiger partial charge in [-0.3, -0.25) is 4.79 Å². The average Bonchev–Trinajstić information content (AvgIpc) is 3.09. The summed E-state index contributed by atoms with van der Waals surface area (Å²) in [6.45, 7) is 5.09. The van der Waals surface area contributed by atoms with Crippen LogP contribution in [0.5, 0.6) is 0 Å². The molecule has 0 aliphatic carbocycles. The van der Waals surface area contributed by atoms with Gasteiger partial charge in [0.2, 0.25) is 0 Å². The Morgan fingerprint density at radius 3 is 2.60 bits per heavy atom. The second-order valence-corrected chi connectivity index (χ2v) is 7.03. The highest BCUT2D eigenvalue weighted by molar-refractivity contribution is 7.13. The molecule has 2 fully saturated rings. The molecule has 112 valence electrons. The van der Waals surface area contributed by atoms with Gasteiger partial charge in [-0.25, -0.2) is 0 Å². The van der Waals surface area contributed by atoms with Crippen LogP contribution in [-0.2, 0) is 0 Å². The van der Waals surface area contributed by atoms with E-state index in [1.807, 2.05) is 17.0 Å². The number of amides is 1. The van der Waals surface area contributed by atoms with E-state index < -0.39 is 0 Å². The summed E-state index contributed by atoms with van der Waals surface area (Å²) in [7, 11) is 0. The minimum Gasteiger partial charge on any atom is -0.338 e. The lowest BCUT2D eigenvalue weighted by Crippen LogP contribution is -2.43. The summed E-state index contributed by atoms with van der Waals surface area (Å²) in [4.78, 5) is 16.5. The van der Waals surface area contributed by atoms with E-state index in [-0.39, 0.29) is 18.3 Å². The van der Waals surface area contributed by atoms with Gasteiger partial charge in [0.05, 0.1) is 4.88 Å². The van der Waals surface area contributed by atoms with Crippen molar-refractivity contribution in [3.05, 3.63) is 21.9 Å². The van der Waals surface area contributed by atoms with Crippen molar-refractivity contribution in [2.75, 3.05) is 19.6 Å². The van der Waals surface area contributed by atoms with E-state index in [0.29, 0.717) is 6.04 Å². The molecule has 2 aliphatic heterocycles. The van der Waals surface area contributed by atoms with E-state index in [1.54, 1.807) is 11.3 Å². The largest absolute Gasteiger partial charge is 0.338 e. The molecule has 3 rings (SSSR count). The zero-order valence-electron chi connectivity index (χ0n) is 11.9. The fraction of sp³-hybridized carbons (Fsp3) is 0.667. The van der Waals surface area contributed by atoms with E-state index in [4.69, 9.17) is 0 Å². The van der Waals surface area contributed by atoms with Crippen LogP contribution in [0.25, 0.3) is 0 Å². The fourth-order valence-corrected chi connectivity index (χ4v) is 4.16. The SMILES string of the molecule is Cc1ccc(C(=O)N2CCC(C3CCCN3)CC2)s1.Cl. The Bertz CT molecular complexity index is 448. The molecule has 2 saturated heterocycles. The van der Waals surface area contributed by atoms with Crippen LogP contribution in [0, 0.1) is 12.8 Å². The summed E-state index contributed by atoms with van der Waals surface area (Å²) in [5.41, 5.74) is 0. The van der Waals surface area contributed by atoms with Crippen LogP contribution in [-0.4, -0.2) is 36.5 Å². The van der Waals surface area contributed by atoms with Gasteiger partial charge in [0, 0.05) is 24.0 Å². The third kappa shape index (κ3) is 3.35. The van der Waals surface area contributed by atoms with Crippen LogP contribution >= 0.6 is 23.7 Å². The molecular weight excluding hydrogens is 292 g/mol. The highest BCUT2D eigenvalue weighted by Gasteiger charge is 2.30. The molecule has 5 heteroatoms. The molecule has 0 saturated carbocycles. The first-order chi connectivity index (χ1) is 9.24. The van der Waals surface area contributed by atoms with Crippen molar-refractivity contribution >= 4 is 29.7 Å². The summed E-state index contributed by atoms with van der Waals surface area (Å²) in [5, 5.41) is 3.60. The zero-order valence-corrected chi connectivity index (χ0v) is 13.6. The number of aryl methyl sites for hydroxylation is 1. The lowest BCUT2D eigenvalue weighted by atomic mass is 9.88. The molecule has 20 heavy (non-hydrogen) atoms. The van der Waals surface area contributed by atoms with Crippen LogP contribution in [0.15, 0.2) is 12.1 Å². The van der Waals surface area contributed by atoms with Crippen molar-refractivity contribution in [1.82, 2.24) is 10.2 Å². The van der Waals surface area contributed by atoms with E-state index in [9.17, 15) is 4.79 Å². The van der Waals surface area contributed by atoms with E-state index in [0.717, 1.165) is 36.7 Å². The van der Waals surface area contributed by atoms with E-state index >= 15 is 0 Å². The first-order valence-electron chi connectivity index (χ1n) is 7.33. The van der Waals surface area contributed by atoms with Gasteiger partial charge in [0.25, 0.3) is 5.91 Å². The van der Waals surface area contributed by atoms with Crippen LogP contribution < -0.4 is 5.32 Å². The second kappa shape index (κ2) is 6.92. The molecule has 1 amide bonds. The normalized spacial score (nSPS) is 23.6. The van der Waals surface area contributed by atoms with Crippen molar-refractivity contribution in [2.24, 2.45) is 5.92 Å². The van der Waals surface area contributed by atoms with Crippen molar-refractivity contribution < 1.29 is 4.79 Å². The molecule has 1 N–H and O–H groups in total. The minimum absolute atomic E-state index is 0. The van der Waals surface area contributed by atoms with Gasteiger partial charge in [-0.1, -0.05) is 0 Å². The van der Waals surface area contributed by atoms with Gasteiger partial charge in [-0.15, -0.1) is 23.7 Å².